The number of hydrogen-bond acceptors (Lipinski definition) is 4. The van der Waals surface area contributed by atoms with E-state index in [1.807, 2.05) is 0 Å². The summed E-state index contributed by atoms with van der Waals surface area (Å²) in [4.78, 5) is 13.5. The normalized spacial score (nSPS) is 17.8. The van der Waals surface area contributed by atoms with Crippen molar-refractivity contribution in [2.75, 3.05) is 19.7 Å². The van der Waals surface area contributed by atoms with Gasteiger partial charge in [0.05, 0.1) is 0 Å². The first-order chi connectivity index (χ1) is 8.41. The van der Waals surface area contributed by atoms with Gasteiger partial charge in [-0.1, -0.05) is 12.8 Å². The zero-order chi connectivity index (χ0) is 13.6. The van der Waals surface area contributed by atoms with Crippen molar-refractivity contribution < 1.29 is 17.4 Å². The third-order valence-corrected chi connectivity index (χ3v) is 3.86. The molecule has 1 aliphatic heterocycles. The average molecular weight is 278 g/mol. The topological polar surface area (TPSA) is 75.7 Å². The zero-order valence-electron chi connectivity index (χ0n) is 11.0. The third-order valence-electron chi connectivity index (χ3n) is 2.68. The maximum absolute atomic E-state index is 11.8. The van der Waals surface area contributed by atoms with Gasteiger partial charge >= 0.3 is 10.3 Å². The Hall–Kier alpha value is -0.660. The zero-order valence-corrected chi connectivity index (χ0v) is 11.8. The second-order valence-electron chi connectivity index (χ2n) is 4.78. The molecule has 106 valence electrons. The van der Waals surface area contributed by atoms with Crippen LogP contribution in [0.4, 0.5) is 0 Å². The van der Waals surface area contributed by atoms with Crippen LogP contribution in [0.2, 0.25) is 0 Å². The van der Waals surface area contributed by atoms with Gasteiger partial charge in [-0.15, -0.1) is 0 Å². The molecule has 7 heteroatoms. The van der Waals surface area contributed by atoms with Crippen LogP contribution in [0, 0.1) is 0 Å². The molecular formula is C11H22N2O4S. The number of amides is 1. The lowest BCUT2D eigenvalue weighted by Gasteiger charge is -2.20. The first-order valence-corrected chi connectivity index (χ1v) is 7.76. The Morgan fingerprint density at radius 3 is 2.28 bits per heavy atom. The summed E-state index contributed by atoms with van der Waals surface area (Å²) in [7, 11) is -3.82. The molecule has 1 fully saturated rings. The molecule has 1 saturated heterocycles. The highest BCUT2D eigenvalue weighted by Gasteiger charge is 2.19. The fraction of sp³-hybridized carbons (Fsp3) is 0.909. The van der Waals surface area contributed by atoms with Gasteiger partial charge in [0.1, 0.15) is 6.61 Å². The van der Waals surface area contributed by atoms with Gasteiger partial charge in [0.15, 0.2) is 0 Å². The summed E-state index contributed by atoms with van der Waals surface area (Å²) in [5, 5.41) is 0. The van der Waals surface area contributed by atoms with Crippen LogP contribution in [0.1, 0.15) is 39.5 Å². The number of carbonyl (C=O) groups excluding carboxylic acids is 1. The van der Waals surface area contributed by atoms with Crippen LogP contribution in [0.15, 0.2) is 0 Å². The Morgan fingerprint density at radius 2 is 1.78 bits per heavy atom. The molecule has 0 bridgehead atoms. The molecule has 6 nitrogen and oxygen atoms in total. The fourth-order valence-corrected chi connectivity index (χ4v) is 2.76. The highest BCUT2D eigenvalue weighted by atomic mass is 32.2. The first kappa shape index (κ1) is 15.4. The molecule has 1 rings (SSSR count). The van der Waals surface area contributed by atoms with Crippen molar-refractivity contribution in [3.63, 3.8) is 0 Å². The number of likely N-dealkylation sites (tertiary alicyclic amines) is 1. The first-order valence-electron chi connectivity index (χ1n) is 6.35. The molecule has 0 aromatic carbocycles. The van der Waals surface area contributed by atoms with Crippen molar-refractivity contribution in [1.29, 1.82) is 0 Å². The lowest BCUT2D eigenvalue weighted by Crippen LogP contribution is -2.38. The maximum Gasteiger partial charge on any atom is 0.336 e. The third kappa shape index (κ3) is 5.79. The Bertz CT molecular complexity index is 359. The van der Waals surface area contributed by atoms with E-state index in [0.717, 1.165) is 25.7 Å². The smallest absolute Gasteiger partial charge is 0.336 e. The second kappa shape index (κ2) is 7.06. The highest BCUT2D eigenvalue weighted by molar-refractivity contribution is 7.84. The average Bonchev–Trinajstić information content (AvgIpc) is 2.52. The predicted octanol–water partition coefficient (Wildman–Crippen LogP) is 0.648. The largest absolute Gasteiger partial charge is 0.341 e. The number of hydrogen-bond donors (Lipinski definition) is 1. The van der Waals surface area contributed by atoms with E-state index >= 15 is 0 Å². The van der Waals surface area contributed by atoms with E-state index in [-0.39, 0.29) is 11.9 Å². The Balaban J connectivity index is 2.40. The second-order valence-corrected chi connectivity index (χ2v) is 6.16. The van der Waals surface area contributed by atoms with Crippen molar-refractivity contribution >= 4 is 16.2 Å². The highest BCUT2D eigenvalue weighted by Crippen LogP contribution is 2.09. The maximum atomic E-state index is 11.8. The van der Waals surface area contributed by atoms with E-state index in [9.17, 15) is 13.2 Å². The number of nitrogens with zero attached hydrogens (tertiary/aromatic N) is 1. The summed E-state index contributed by atoms with van der Waals surface area (Å²) in [5.41, 5.74) is 0. The fourth-order valence-electron chi connectivity index (χ4n) is 1.86. The van der Waals surface area contributed by atoms with Gasteiger partial charge in [0, 0.05) is 19.1 Å². The summed E-state index contributed by atoms with van der Waals surface area (Å²) < 4.78 is 29.7. The SMILES string of the molecule is CC(C)NS(=O)(=O)OCC(=O)N1CCCCCC1. The molecule has 0 aliphatic carbocycles. The Kier molecular flexibility index (Phi) is 6.04. The quantitative estimate of drug-likeness (QED) is 0.801. The minimum absolute atomic E-state index is 0.247. The molecule has 0 saturated carbocycles. The number of carbonyl (C=O) groups is 1. The lowest BCUT2D eigenvalue weighted by molar-refractivity contribution is -0.133. The van der Waals surface area contributed by atoms with Gasteiger partial charge in [-0.3, -0.25) is 4.79 Å². The van der Waals surface area contributed by atoms with Crippen LogP contribution < -0.4 is 4.72 Å². The number of nitrogens with one attached hydrogen (secondary N) is 1. The monoisotopic (exact) mass is 278 g/mol. The van der Waals surface area contributed by atoms with E-state index in [2.05, 4.69) is 8.91 Å². The van der Waals surface area contributed by atoms with Crippen LogP contribution >= 0.6 is 0 Å². The molecule has 18 heavy (non-hydrogen) atoms. The molecular weight excluding hydrogens is 256 g/mol. The van der Waals surface area contributed by atoms with E-state index in [4.69, 9.17) is 0 Å². The van der Waals surface area contributed by atoms with E-state index in [0.29, 0.717) is 13.1 Å². The Morgan fingerprint density at radius 1 is 1.22 bits per heavy atom. The molecule has 0 aromatic heterocycles. The van der Waals surface area contributed by atoms with Crippen LogP contribution in [0.25, 0.3) is 0 Å². The van der Waals surface area contributed by atoms with Crippen LogP contribution in [0.3, 0.4) is 0 Å². The summed E-state index contributed by atoms with van der Waals surface area (Å²) in [6, 6.07) is -0.247. The number of rotatable bonds is 5. The molecule has 0 spiro atoms. The van der Waals surface area contributed by atoms with Gasteiger partial charge in [-0.2, -0.15) is 13.1 Å². The summed E-state index contributed by atoms with van der Waals surface area (Å²) in [6.07, 6.45) is 4.20. The minimum Gasteiger partial charge on any atom is -0.341 e. The molecule has 1 N–H and O–H groups in total. The van der Waals surface area contributed by atoms with E-state index < -0.39 is 16.9 Å². The standard InChI is InChI=1S/C11H22N2O4S/c1-10(2)12-18(15,16)17-9-11(14)13-7-5-3-4-6-8-13/h10,12H,3-9H2,1-2H3. The molecule has 0 atom stereocenters. The van der Waals surface area contributed by atoms with Crippen molar-refractivity contribution in [2.24, 2.45) is 0 Å². The molecule has 1 heterocycles. The summed E-state index contributed by atoms with van der Waals surface area (Å²) in [6.45, 7) is 4.36. The van der Waals surface area contributed by atoms with Crippen molar-refractivity contribution in [3.05, 3.63) is 0 Å². The van der Waals surface area contributed by atoms with Crippen molar-refractivity contribution in [2.45, 2.75) is 45.6 Å². The van der Waals surface area contributed by atoms with Gasteiger partial charge in [0.25, 0.3) is 0 Å². The molecule has 1 amide bonds. The minimum atomic E-state index is -3.82. The van der Waals surface area contributed by atoms with Gasteiger partial charge in [-0.05, 0) is 26.7 Å². The van der Waals surface area contributed by atoms with Crippen molar-refractivity contribution in [3.8, 4) is 0 Å². The van der Waals surface area contributed by atoms with Gasteiger partial charge in [-0.25, -0.2) is 4.18 Å². The van der Waals surface area contributed by atoms with Gasteiger partial charge in [0.2, 0.25) is 5.91 Å². The summed E-state index contributed by atoms with van der Waals surface area (Å²) >= 11 is 0. The van der Waals surface area contributed by atoms with Crippen LogP contribution in [-0.2, 0) is 19.3 Å². The van der Waals surface area contributed by atoms with E-state index in [1.165, 1.54) is 0 Å². The molecule has 0 unspecified atom stereocenters. The van der Waals surface area contributed by atoms with Crippen LogP contribution in [0.5, 0.6) is 0 Å². The van der Waals surface area contributed by atoms with Gasteiger partial charge < -0.3 is 4.90 Å². The van der Waals surface area contributed by atoms with E-state index in [1.54, 1.807) is 18.7 Å². The summed E-state index contributed by atoms with van der Waals surface area (Å²) in [5.74, 6) is -0.258. The predicted molar refractivity (Wildman–Crippen MR) is 68.2 cm³/mol. The lowest BCUT2D eigenvalue weighted by atomic mass is 10.2. The van der Waals surface area contributed by atoms with Crippen LogP contribution in [-0.4, -0.2) is 45.0 Å². The van der Waals surface area contributed by atoms with Crippen molar-refractivity contribution in [1.82, 2.24) is 9.62 Å². The molecule has 0 radical (unpaired) electrons. The molecule has 1 aliphatic rings. The Labute approximate surface area is 109 Å². The molecule has 0 aromatic rings.